The van der Waals surface area contributed by atoms with E-state index in [0.717, 1.165) is 12.8 Å². The van der Waals surface area contributed by atoms with E-state index in [4.69, 9.17) is 83.8 Å². The first-order chi connectivity index (χ1) is 25.7. The lowest BCUT2D eigenvalue weighted by Gasteiger charge is -2.15. The number of hydrogen-bond donors (Lipinski definition) is 3. The van der Waals surface area contributed by atoms with E-state index in [2.05, 4.69) is 16.0 Å². The predicted octanol–water partition coefficient (Wildman–Crippen LogP) is 10.7. The van der Waals surface area contributed by atoms with E-state index in [-0.39, 0.29) is 78.4 Å². The number of anilines is 2. The van der Waals surface area contributed by atoms with E-state index in [1.54, 1.807) is 0 Å². The van der Waals surface area contributed by atoms with Gasteiger partial charge in [0.15, 0.2) is 23.1 Å². The van der Waals surface area contributed by atoms with E-state index in [1.807, 2.05) is 13.8 Å². The molecule has 3 N–H and O–H groups in total. The second kappa shape index (κ2) is 20.3. The Morgan fingerprint density at radius 2 is 1.07 bits per heavy atom. The molecule has 1 amide bonds. The highest BCUT2D eigenvalue weighted by Crippen LogP contribution is 2.37. The van der Waals surface area contributed by atoms with Crippen molar-refractivity contribution in [1.82, 2.24) is 5.32 Å². The minimum absolute atomic E-state index is 0.00825. The summed E-state index contributed by atoms with van der Waals surface area (Å²) in [5.74, 6) is -3.82. The van der Waals surface area contributed by atoms with Crippen LogP contribution in [0.4, 0.5) is 20.2 Å². The standard InChI is InChI=1S/C37H33Cl6F2N3O6/c1-3-5-46-29-14-23(38)10-21(33(29)44)17-52-35-25(40)7-19(8-26(35)41)9-31(49)54-32(50)16-48-37(51)20-12-27(42)36(28(43)13-20)53-18-22-11-24(39)15-30(34(22)45)47-6-4-2/h7-8,10-15,46-47H,3-6,9,16-18H2,1-2H3,(H,48,51). The monoisotopic (exact) mass is 863 g/mol. The molecule has 0 spiro atoms. The van der Waals surface area contributed by atoms with Crippen LogP contribution in [0.1, 0.15) is 53.7 Å². The Morgan fingerprint density at radius 3 is 1.52 bits per heavy atom. The number of esters is 2. The van der Waals surface area contributed by atoms with Crippen molar-refractivity contribution in [1.29, 1.82) is 0 Å². The largest absolute Gasteiger partial charge is 0.486 e. The van der Waals surface area contributed by atoms with Gasteiger partial charge in [-0.2, -0.15) is 0 Å². The minimum atomic E-state index is -1.06. The molecule has 0 aliphatic rings. The third-order valence-corrected chi connectivity index (χ3v) is 8.95. The average Bonchev–Trinajstić information content (AvgIpc) is 3.10. The summed E-state index contributed by atoms with van der Waals surface area (Å²) in [6.45, 7) is 3.78. The van der Waals surface area contributed by atoms with Gasteiger partial charge in [0.05, 0.1) is 37.9 Å². The summed E-state index contributed by atoms with van der Waals surface area (Å²) >= 11 is 37.7. The molecule has 54 heavy (non-hydrogen) atoms. The van der Waals surface area contributed by atoms with Gasteiger partial charge in [0, 0.05) is 39.8 Å². The molecule has 0 fully saturated rings. The number of benzene rings is 4. The number of amides is 1. The topological polar surface area (TPSA) is 115 Å². The lowest BCUT2D eigenvalue weighted by Crippen LogP contribution is -2.32. The van der Waals surface area contributed by atoms with Crippen LogP contribution in [-0.2, 0) is 34.0 Å². The third kappa shape index (κ3) is 11.9. The highest BCUT2D eigenvalue weighted by molar-refractivity contribution is 6.38. The van der Waals surface area contributed by atoms with Gasteiger partial charge in [-0.25, -0.2) is 13.6 Å². The zero-order valence-corrected chi connectivity index (χ0v) is 33.3. The van der Waals surface area contributed by atoms with Crippen LogP contribution in [0.5, 0.6) is 11.5 Å². The molecule has 9 nitrogen and oxygen atoms in total. The van der Waals surface area contributed by atoms with Gasteiger partial charge in [0.2, 0.25) is 0 Å². The van der Waals surface area contributed by atoms with Crippen molar-refractivity contribution in [3.63, 3.8) is 0 Å². The first-order valence-electron chi connectivity index (χ1n) is 16.4. The summed E-state index contributed by atoms with van der Waals surface area (Å²) in [6.07, 6.45) is 1.15. The van der Waals surface area contributed by atoms with Gasteiger partial charge in [0.1, 0.15) is 19.8 Å². The minimum Gasteiger partial charge on any atom is -0.486 e. The maximum Gasteiger partial charge on any atom is 0.333 e. The molecule has 0 bridgehead atoms. The molecule has 0 aliphatic carbocycles. The highest BCUT2D eigenvalue weighted by Gasteiger charge is 2.20. The Morgan fingerprint density at radius 1 is 0.630 bits per heavy atom. The van der Waals surface area contributed by atoms with Crippen LogP contribution in [0, 0.1) is 11.6 Å². The third-order valence-electron chi connectivity index (χ3n) is 7.39. The molecular weight excluding hydrogens is 833 g/mol. The fourth-order valence-corrected chi connectivity index (χ4v) is 6.60. The Labute approximate surface area is 340 Å². The second-order valence-electron chi connectivity index (χ2n) is 11.6. The molecule has 0 aliphatic heterocycles. The molecule has 288 valence electrons. The summed E-state index contributed by atoms with van der Waals surface area (Å²) < 4.78 is 46.1. The van der Waals surface area contributed by atoms with Crippen LogP contribution in [0.15, 0.2) is 48.5 Å². The zero-order valence-electron chi connectivity index (χ0n) is 28.7. The van der Waals surface area contributed by atoms with Gasteiger partial charge in [-0.05, 0) is 66.9 Å². The molecule has 4 aromatic carbocycles. The molecular formula is C37H33Cl6F2N3O6. The van der Waals surface area contributed by atoms with E-state index in [0.29, 0.717) is 23.1 Å². The summed E-state index contributed by atoms with van der Waals surface area (Å²) in [7, 11) is 0. The smallest absolute Gasteiger partial charge is 0.333 e. The van der Waals surface area contributed by atoms with Crippen molar-refractivity contribution in [3.05, 3.63) is 113 Å². The quantitative estimate of drug-likeness (QED) is 0.0710. The second-order valence-corrected chi connectivity index (χ2v) is 14.1. The van der Waals surface area contributed by atoms with Crippen molar-refractivity contribution in [2.24, 2.45) is 0 Å². The Bertz CT molecular complexity index is 1990. The van der Waals surface area contributed by atoms with Crippen molar-refractivity contribution < 1.29 is 37.4 Å². The summed E-state index contributed by atoms with van der Waals surface area (Å²) in [5, 5.41) is 8.77. The maximum absolute atomic E-state index is 15.0. The van der Waals surface area contributed by atoms with Crippen LogP contribution < -0.4 is 25.4 Å². The number of ether oxygens (including phenoxy) is 3. The van der Waals surface area contributed by atoms with Crippen LogP contribution in [0.2, 0.25) is 30.1 Å². The van der Waals surface area contributed by atoms with Gasteiger partial charge in [-0.3, -0.25) is 9.59 Å². The number of halogens is 8. The summed E-state index contributed by atoms with van der Waals surface area (Å²) in [6, 6.07) is 11.0. The predicted molar refractivity (Wildman–Crippen MR) is 209 cm³/mol. The van der Waals surface area contributed by atoms with Gasteiger partial charge >= 0.3 is 11.9 Å². The van der Waals surface area contributed by atoms with E-state index in [9.17, 15) is 23.2 Å². The van der Waals surface area contributed by atoms with Crippen molar-refractivity contribution in [2.45, 2.75) is 46.3 Å². The lowest BCUT2D eigenvalue weighted by molar-refractivity contribution is -0.158. The number of carbonyl (C=O) groups excluding carboxylic acids is 3. The van der Waals surface area contributed by atoms with Crippen LogP contribution in [0.3, 0.4) is 0 Å². The first kappa shape index (κ1) is 43.0. The van der Waals surface area contributed by atoms with Gasteiger partial charge < -0.3 is 30.2 Å². The number of carbonyl (C=O) groups is 3. The molecule has 0 saturated carbocycles. The Kier molecular flexibility index (Phi) is 16.2. The Balaban J connectivity index is 1.29. The molecule has 0 aromatic heterocycles. The summed E-state index contributed by atoms with van der Waals surface area (Å²) in [5.41, 5.74) is 1.03. The molecule has 0 atom stereocenters. The Hall–Kier alpha value is -3.71. The normalized spacial score (nSPS) is 10.9. The van der Waals surface area contributed by atoms with Gasteiger partial charge in [-0.15, -0.1) is 0 Å². The maximum atomic E-state index is 15.0. The molecule has 4 aromatic rings. The van der Waals surface area contributed by atoms with Gasteiger partial charge in [-0.1, -0.05) is 83.5 Å². The molecule has 4 rings (SSSR count). The zero-order chi connectivity index (χ0) is 39.5. The number of rotatable bonds is 17. The molecule has 0 heterocycles. The highest BCUT2D eigenvalue weighted by atomic mass is 35.5. The fourth-order valence-electron chi connectivity index (χ4n) is 4.88. The number of nitrogens with one attached hydrogen (secondary N) is 3. The van der Waals surface area contributed by atoms with Crippen LogP contribution in [-0.4, -0.2) is 37.5 Å². The van der Waals surface area contributed by atoms with Gasteiger partial charge in [0.25, 0.3) is 5.91 Å². The van der Waals surface area contributed by atoms with Crippen LogP contribution in [0.25, 0.3) is 0 Å². The average molecular weight is 866 g/mol. The van der Waals surface area contributed by atoms with Crippen molar-refractivity contribution in [3.8, 4) is 11.5 Å². The summed E-state index contributed by atoms with van der Waals surface area (Å²) in [4.78, 5) is 37.6. The molecule has 0 unspecified atom stereocenters. The van der Waals surface area contributed by atoms with Crippen LogP contribution >= 0.6 is 69.6 Å². The van der Waals surface area contributed by atoms with Crippen molar-refractivity contribution in [2.75, 3.05) is 30.3 Å². The lowest BCUT2D eigenvalue weighted by atomic mass is 10.1. The molecule has 0 saturated heterocycles. The first-order valence-corrected chi connectivity index (χ1v) is 18.6. The number of hydrogen-bond acceptors (Lipinski definition) is 8. The molecule has 17 heteroatoms. The fraction of sp³-hybridized carbons (Fsp3) is 0.270. The SMILES string of the molecule is CCCNc1cc(Cl)cc(COc2c(Cl)cc(CC(=O)OC(=O)CNC(=O)c3cc(Cl)c(OCc4cc(Cl)cc(NCCC)c4F)c(Cl)c3)cc2Cl)c1F. The van der Waals surface area contributed by atoms with Crippen molar-refractivity contribution >= 4 is 98.8 Å². The van der Waals surface area contributed by atoms with E-state index >= 15 is 0 Å². The van der Waals surface area contributed by atoms with E-state index in [1.165, 1.54) is 48.5 Å². The van der Waals surface area contributed by atoms with E-state index < -0.39 is 42.4 Å². The molecule has 0 radical (unpaired) electrons.